The fourth-order valence-electron chi connectivity index (χ4n) is 1.42. The van der Waals surface area contributed by atoms with E-state index in [4.69, 9.17) is 0 Å². The number of aldehydes is 1. The van der Waals surface area contributed by atoms with Crippen molar-refractivity contribution in [2.24, 2.45) is 0 Å². The lowest BCUT2D eigenvalue weighted by Crippen LogP contribution is -2.33. The lowest BCUT2D eigenvalue weighted by molar-refractivity contribution is -0.143. The summed E-state index contributed by atoms with van der Waals surface area (Å²) in [6.07, 6.45) is -10.2. The molecule has 0 bridgehead atoms. The number of alkyl halides is 6. The van der Waals surface area contributed by atoms with Gasteiger partial charge in [-0.3, -0.25) is 0 Å². The van der Waals surface area contributed by atoms with E-state index < -0.39 is 44.4 Å². The zero-order valence-electron chi connectivity index (χ0n) is 10.8. The fourth-order valence-corrected chi connectivity index (χ4v) is 2.67. The van der Waals surface area contributed by atoms with Gasteiger partial charge in [0, 0.05) is 0 Å². The molecule has 1 rings (SSSR count). The smallest absolute Gasteiger partial charge is 0.302 e. The van der Waals surface area contributed by atoms with Crippen molar-refractivity contribution in [2.75, 3.05) is 0 Å². The molecule has 22 heavy (non-hydrogen) atoms. The summed E-state index contributed by atoms with van der Waals surface area (Å²) >= 11 is 0. The predicted octanol–water partition coefficient (Wildman–Crippen LogP) is 2.59. The first-order valence-corrected chi connectivity index (χ1v) is 7.03. The molecule has 0 aliphatic rings. The Morgan fingerprint density at radius 2 is 1.41 bits per heavy atom. The Morgan fingerprint density at radius 1 is 1.00 bits per heavy atom. The second kappa shape index (κ2) is 5.88. The van der Waals surface area contributed by atoms with Crippen LogP contribution in [-0.2, 0) is 27.2 Å². The van der Waals surface area contributed by atoms with E-state index in [9.17, 15) is 39.6 Å². The standard InChI is InChI=1S/C11H9F6NO3S/c1-6(5-19)18-22(20,21)9-3-7(10(12,13)14)2-8(4-9)11(15,16)17/h2-6,18H,1H3. The van der Waals surface area contributed by atoms with Gasteiger partial charge >= 0.3 is 12.4 Å². The molecular formula is C11H9F6NO3S. The molecule has 0 aliphatic heterocycles. The van der Waals surface area contributed by atoms with Gasteiger partial charge in [0.05, 0.1) is 22.1 Å². The van der Waals surface area contributed by atoms with E-state index in [0.29, 0.717) is 0 Å². The number of nitrogens with one attached hydrogen (secondary N) is 1. The van der Waals surface area contributed by atoms with Gasteiger partial charge in [-0.15, -0.1) is 0 Å². The summed E-state index contributed by atoms with van der Waals surface area (Å²) in [6, 6.07) is -1.37. The second-order valence-electron chi connectivity index (χ2n) is 4.29. The van der Waals surface area contributed by atoms with E-state index in [-0.39, 0.29) is 24.5 Å². The molecule has 0 aromatic heterocycles. The number of sulfonamides is 1. The molecule has 4 nitrogen and oxygen atoms in total. The monoisotopic (exact) mass is 349 g/mol. The normalized spacial score (nSPS) is 14.7. The van der Waals surface area contributed by atoms with E-state index in [1.54, 1.807) is 4.72 Å². The summed E-state index contributed by atoms with van der Waals surface area (Å²) in [7, 11) is -4.72. The lowest BCUT2D eigenvalue weighted by atomic mass is 10.1. The van der Waals surface area contributed by atoms with E-state index in [1.807, 2.05) is 0 Å². The molecule has 1 aromatic carbocycles. The van der Waals surface area contributed by atoms with Gasteiger partial charge in [0.15, 0.2) is 0 Å². The highest BCUT2D eigenvalue weighted by Crippen LogP contribution is 2.37. The predicted molar refractivity (Wildman–Crippen MR) is 62.3 cm³/mol. The summed E-state index contributed by atoms with van der Waals surface area (Å²) < 4.78 is 101. The van der Waals surface area contributed by atoms with Gasteiger partial charge in [-0.05, 0) is 25.1 Å². The van der Waals surface area contributed by atoms with Gasteiger partial charge in [0.1, 0.15) is 6.29 Å². The highest BCUT2D eigenvalue weighted by atomic mass is 32.2. The van der Waals surface area contributed by atoms with Gasteiger partial charge in [0.25, 0.3) is 0 Å². The van der Waals surface area contributed by atoms with E-state index in [2.05, 4.69) is 0 Å². The number of carbonyl (C=O) groups is 1. The lowest BCUT2D eigenvalue weighted by Gasteiger charge is -2.15. The Kier molecular flexibility index (Phi) is 4.92. The first-order chi connectivity index (χ1) is 9.77. The Hall–Kier alpha value is -1.62. The second-order valence-corrected chi connectivity index (χ2v) is 6.00. The molecule has 0 aliphatic carbocycles. The number of benzene rings is 1. The van der Waals surface area contributed by atoms with Gasteiger partial charge in [0.2, 0.25) is 10.0 Å². The highest BCUT2D eigenvalue weighted by Gasteiger charge is 2.38. The van der Waals surface area contributed by atoms with Crippen molar-refractivity contribution in [3.05, 3.63) is 29.3 Å². The Labute approximate surface area is 121 Å². The minimum Gasteiger partial charge on any atom is -0.302 e. The van der Waals surface area contributed by atoms with Crippen molar-refractivity contribution < 1.29 is 39.6 Å². The minimum atomic E-state index is -5.16. The number of hydrogen-bond donors (Lipinski definition) is 1. The SMILES string of the molecule is CC(C=O)NS(=O)(=O)c1cc(C(F)(F)F)cc(C(F)(F)F)c1. The Bertz CT molecular complexity index is 633. The van der Waals surface area contributed by atoms with Crippen LogP contribution in [0.15, 0.2) is 23.1 Å². The molecule has 0 radical (unpaired) electrons. The number of rotatable bonds is 4. The van der Waals surface area contributed by atoms with Crippen molar-refractivity contribution in [1.82, 2.24) is 4.72 Å². The Balaban J connectivity index is 3.51. The zero-order valence-corrected chi connectivity index (χ0v) is 11.6. The summed E-state index contributed by atoms with van der Waals surface area (Å²) in [5.74, 6) is 0. The van der Waals surface area contributed by atoms with Crippen LogP contribution >= 0.6 is 0 Å². The van der Waals surface area contributed by atoms with Crippen molar-refractivity contribution in [2.45, 2.75) is 30.2 Å². The van der Waals surface area contributed by atoms with Crippen molar-refractivity contribution in [1.29, 1.82) is 0 Å². The van der Waals surface area contributed by atoms with Crippen LogP contribution in [-0.4, -0.2) is 20.7 Å². The molecule has 0 heterocycles. The summed E-state index contributed by atoms with van der Waals surface area (Å²) in [6.45, 7) is 1.07. The van der Waals surface area contributed by atoms with Crippen LogP contribution in [0.1, 0.15) is 18.1 Å². The third kappa shape index (κ3) is 4.44. The highest BCUT2D eigenvalue weighted by molar-refractivity contribution is 7.89. The first-order valence-electron chi connectivity index (χ1n) is 5.54. The molecule has 1 N–H and O–H groups in total. The molecule has 1 unspecified atom stereocenters. The minimum absolute atomic E-state index is 0.0646. The maximum absolute atomic E-state index is 12.6. The topological polar surface area (TPSA) is 63.2 Å². The summed E-state index contributed by atoms with van der Waals surface area (Å²) in [5.41, 5.74) is -3.53. The maximum Gasteiger partial charge on any atom is 0.416 e. The van der Waals surface area contributed by atoms with Crippen molar-refractivity contribution >= 4 is 16.3 Å². The number of halogens is 6. The van der Waals surface area contributed by atoms with E-state index in [0.717, 1.165) is 6.92 Å². The third-order valence-electron chi connectivity index (χ3n) is 2.42. The van der Waals surface area contributed by atoms with Crippen LogP contribution in [0.5, 0.6) is 0 Å². The van der Waals surface area contributed by atoms with Crippen LogP contribution in [0, 0.1) is 0 Å². The zero-order chi connectivity index (χ0) is 17.3. The fraction of sp³-hybridized carbons (Fsp3) is 0.364. The van der Waals surface area contributed by atoms with Crippen LogP contribution in [0.25, 0.3) is 0 Å². The molecule has 0 fully saturated rings. The molecule has 0 saturated carbocycles. The number of carbonyl (C=O) groups excluding carboxylic acids is 1. The molecule has 1 aromatic rings. The molecule has 124 valence electrons. The largest absolute Gasteiger partial charge is 0.416 e. The van der Waals surface area contributed by atoms with Crippen molar-refractivity contribution in [3.63, 3.8) is 0 Å². The van der Waals surface area contributed by atoms with Gasteiger partial charge < -0.3 is 4.79 Å². The van der Waals surface area contributed by atoms with Crippen molar-refractivity contribution in [3.8, 4) is 0 Å². The van der Waals surface area contributed by atoms with Gasteiger partial charge in [-0.2, -0.15) is 26.3 Å². The van der Waals surface area contributed by atoms with Crippen LogP contribution in [0.3, 0.4) is 0 Å². The molecule has 11 heteroatoms. The van der Waals surface area contributed by atoms with E-state index >= 15 is 0 Å². The summed E-state index contributed by atoms with van der Waals surface area (Å²) in [4.78, 5) is 9.15. The molecule has 1 atom stereocenters. The first kappa shape index (κ1) is 18.4. The van der Waals surface area contributed by atoms with Crippen LogP contribution in [0.4, 0.5) is 26.3 Å². The number of hydrogen-bond acceptors (Lipinski definition) is 3. The molecule has 0 spiro atoms. The summed E-state index contributed by atoms with van der Waals surface area (Å²) in [5, 5.41) is 0. The van der Waals surface area contributed by atoms with Gasteiger partial charge in [-0.25, -0.2) is 13.1 Å². The van der Waals surface area contributed by atoms with E-state index in [1.165, 1.54) is 0 Å². The molecule has 0 amide bonds. The average Bonchev–Trinajstić information content (AvgIpc) is 2.35. The molecule has 0 saturated heterocycles. The average molecular weight is 349 g/mol. The van der Waals surface area contributed by atoms with Gasteiger partial charge in [-0.1, -0.05) is 0 Å². The van der Waals surface area contributed by atoms with Crippen LogP contribution in [0.2, 0.25) is 0 Å². The maximum atomic E-state index is 12.6. The Morgan fingerprint density at radius 3 is 1.73 bits per heavy atom. The quantitative estimate of drug-likeness (QED) is 0.671. The third-order valence-corrected chi connectivity index (χ3v) is 3.96. The van der Waals surface area contributed by atoms with Crippen LogP contribution < -0.4 is 4.72 Å². The molecular weight excluding hydrogens is 340 g/mol.